The molecular formula is C19H17BrN4O2. The minimum absolute atomic E-state index is 0.0825. The van der Waals surface area contributed by atoms with E-state index in [1.54, 1.807) is 17.0 Å². The lowest BCUT2D eigenvalue weighted by atomic mass is 10.1. The number of benzene rings is 1. The van der Waals surface area contributed by atoms with Crippen LogP contribution >= 0.6 is 15.9 Å². The first kappa shape index (κ1) is 16.8. The number of piperazine rings is 1. The maximum atomic E-state index is 12.4. The van der Waals surface area contributed by atoms with Gasteiger partial charge in [0.25, 0.3) is 5.91 Å². The number of nitrogens with zero attached hydrogens (tertiary/aromatic N) is 4. The lowest BCUT2D eigenvalue weighted by molar-refractivity contribution is 0.0713. The van der Waals surface area contributed by atoms with E-state index in [-0.39, 0.29) is 5.91 Å². The number of halogens is 1. The average Bonchev–Trinajstić information content (AvgIpc) is 3.15. The Hall–Kier alpha value is -2.67. The second-order valence-electron chi connectivity index (χ2n) is 6.03. The predicted octanol–water partition coefficient (Wildman–Crippen LogP) is 3.46. The molecule has 7 heteroatoms. The van der Waals surface area contributed by atoms with Crippen molar-refractivity contribution in [2.45, 2.75) is 0 Å². The van der Waals surface area contributed by atoms with E-state index in [4.69, 9.17) is 4.42 Å². The van der Waals surface area contributed by atoms with Crippen molar-refractivity contribution in [1.29, 1.82) is 0 Å². The minimum atomic E-state index is -0.0825. The predicted molar refractivity (Wildman–Crippen MR) is 102 cm³/mol. The van der Waals surface area contributed by atoms with Gasteiger partial charge in [-0.3, -0.25) is 4.79 Å². The van der Waals surface area contributed by atoms with Gasteiger partial charge in [-0.1, -0.05) is 30.3 Å². The fourth-order valence-corrected chi connectivity index (χ4v) is 3.29. The Morgan fingerprint density at radius 2 is 1.69 bits per heavy atom. The van der Waals surface area contributed by atoms with Crippen LogP contribution in [0.2, 0.25) is 0 Å². The van der Waals surface area contributed by atoms with Crippen molar-refractivity contribution >= 4 is 27.7 Å². The van der Waals surface area contributed by atoms with Crippen molar-refractivity contribution in [1.82, 2.24) is 15.1 Å². The molecule has 132 valence electrons. The molecule has 2 aromatic heterocycles. The van der Waals surface area contributed by atoms with Crippen molar-refractivity contribution in [3.63, 3.8) is 0 Å². The molecular weight excluding hydrogens is 396 g/mol. The molecule has 0 aliphatic carbocycles. The number of anilines is 1. The number of carbonyl (C=O) groups excluding carboxylic acids is 1. The van der Waals surface area contributed by atoms with Crippen LogP contribution in [0, 0.1) is 0 Å². The van der Waals surface area contributed by atoms with Crippen LogP contribution in [0.25, 0.3) is 11.3 Å². The summed E-state index contributed by atoms with van der Waals surface area (Å²) in [5, 5.41) is 8.69. The fourth-order valence-electron chi connectivity index (χ4n) is 2.98. The van der Waals surface area contributed by atoms with Crippen LogP contribution in [0.3, 0.4) is 0 Å². The van der Waals surface area contributed by atoms with Crippen molar-refractivity contribution < 1.29 is 9.21 Å². The van der Waals surface area contributed by atoms with E-state index in [1.807, 2.05) is 42.5 Å². The van der Waals surface area contributed by atoms with Crippen molar-refractivity contribution in [3.05, 3.63) is 65.0 Å². The maximum Gasteiger partial charge on any atom is 0.289 e. The van der Waals surface area contributed by atoms with Gasteiger partial charge in [0.05, 0.1) is 5.69 Å². The monoisotopic (exact) mass is 412 g/mol. The van der Waals surface area contributed by atoms with Gasteiger partial charge < -0.3 is 14.2 Å². The van der Waals surface area contributed by atoms with Gasteiger partial charge in [-0.15, -0.1) is 10.2 Å². The summed E-state index contributed by atoms with van der Waals surface area (Å²) in [5.41, 5.74) is 1.90. The number of hydrogen-bond donors (Lipinski definition) is 0. The first-order valence-electron chi connectivity index (χ1n) is 8.39. The topological polar surface area (TPSA) is 62.5 Å². The summed E-state index contributed by atoms with van der Waals surface area (Å²) in [7, 11) is 0. The van der Waals surface area contributed by atoms with E-state index >= 15 is 0 Å². The summed E-state index contributed by atoms with van der Waals surface area (Å²) < 4.78 is 5.92. The number of carbonyl (C=O) groups is 1. The molecule has 0 bridgehead atoms. The molecule has 1 fully saturated rings. The molecule has 1 saturated heterocycles. The normalized spacial score (nSPS) is 14.5. The number of amides is 1. The van der Waals surface area contributed by atoms with Crippen LogP contribution in [0.4, 0.5) is 5.82 Å². The third-order valence-corrected chi connectivity index (χ3v) is 4.82. The van der Waals surface area contributed by atoms with Crippen molar-refractivity contribution in [3.8, 4) is 11.3 Å². The third-order valence-electron chi connectivity index (χ3n) is 4.39. The highest BCUT2D eigenvalue weighted by Crippen LogP contribution is 2.20. The van der Waals surface area contributed by atoms with E-state index in [0.29, 0.717) is 36.6 Å². The standard InChI is InChI=1S/C19H17BrN4O2/c20-17-8-7-16(26-17)19(25)24-12-10-23(11-13-24)18-9-6-15(21-22-18)14-4-2-1-3-5-14/h1-9H,10-13H2. The first-order valence-corrected chi connectivity index (χ1v) is 9.19. The highest BCUT2D eigenvalue weighted by atomic mass is 79.9. The van der Waals surface area contributed by atoms with Gasteiger partial charge in [-0.2, -0.15) is 0 Å². The number of furan rings is 1. The van der Waals surface area contributed by atoms with Gasteiger partial charge in [-0.05, 0) is 40.2 Å². The molecule has 1 aliphatic rings. The Balaban J connectivity index is 1.39. The average molecular weight is 413 g/mol. The number of rotatable bonds is 3. The van der Waals surface area contributed by atoms with Crippen LogP contribution in [0.1, 0.15) is 10.6 Å². The molecule has 0 atom stereocenters. The molecule has 0 saturated carbocycles. The molecule has 1 aliphatic heterocycles. The van der Waals surface area contributed by atoms with Gasteiger partial charge in [-0.25, -0.2) is 0 Å². The molecule has 4 rings (SSSR count). The Bertz CT molecular complexity index is 887. The lowest BCUT2D eigenvalue weighted by Crippen LogP contribution is -2.49. The Labute approximate surface area is 159 Å². The van der Waals surface area contributed by atoms with Gasteiger partial charge in [0.1, 0.15) is 0 Å². The maximum absolute atomic E-state index is 12.4. The highest BCUT2D eigenvalue weighted by molar-refractivity contribution is 9.10. The molecule has 6 nitrogen and oxygen atoms in total. The first-order chi connectivity index (χ1) is 12.7. The second kappa shape index (κ2) is 7.29. The van der Waals surface area contributed by atoms with E-state index in [2.05, 4.69) is 31.0 Å². The Morgan fingerprint density at radius 1 is 0.923 bits per heavy atom. The molecule has 0 N–H and O–H groups in total. The second-order valence-corrected chi connectivity index (χ2v) is 6.81. The summed E-state index contributed by atoms with van der Waals surface area (Å²) in [4.78, 5) is 16.4. The third kappa shape index (κ3) is 3.48. The zero-order valence-corrected chi connectivity index (χ0v) is 15.6. The zero-order chi connectivity index (χ0) is 17.9. The number of hydrogen-bond acceptors (Lipinski definition) is 5. The largest absolute Gasteiger partial charge is 0.444 e. The van der Waals surface area contributed by atoms with E-state index in [9.17, 15) is 4.79 Å². The fraction of sp³-hybridized carbons (Fsp3) is 0.211. The molecule has 0 spiro atoms. The van der Waals surface area contributed by atoms with E-state index in [1.165, 1.54) is 0 Å². The smallest absolute Gasteiger partial charge is 0.289 e. The van der Waals surface area contributed by atoms with Gasteiger partial charge >= 0.3 is 0 Å². The van der Waals surface area contributed by atoms with Crippen LogP contribution in [-0.2, 0) is 0 Å². The minimum Gasteiger partial charge on any atom is -0.444 e. The summed E-state index contributed by atoms with van der Waals surface area (Å²) in [6.07, 6.45) is 0. The van der Waals surface area contributed by atoms with Gasteiger partial charge in [0.2, 0.25) is 0 Å². The molecule has 1 aromatic carbocycles. The van der Waals surface area contributed by atoms with Crippen LogP contribution in [-0.4, -0.2) is 47.2 Å². The molecule has 3 aromatic rings. The molecule has 0 radical (unpaired) electrons. The van der Waals surface area contributed by atoms with Gasteiger partial charge in [0.15, 0.2) is 16.2 Å². The summed E-state index contributed by atoms with van der Waals surface area (Å²) in [6.45, 7) is 2.68. The Morgan fingerprint density at radius 3 is 2.31 bits per heavy atom. The van der Waals surface area contributed by atoms with E-state index in [0.717, 1.165) is 17.1 Å². The van der Waals surface area contributed by atoms with Crippen LogP contribution in [0.5, 0.6) is 0 Å². The SMILES string of the molecule is O=C(c1ccc(Br)o1)N1CCN(c2ccc(-c3ccccc3)nn2)CC1. The highest BCUT2D eigenvalue weighted by Gasteiger charge is 2.24. The van der Waals surface area contributed by atoms with E-state index < -0.39 is 0 Å². The van der Waals surface area contributed by atoms with Gasteiger partial charge in [0, 0.05) is 31.7 Å². The molecule has 26 heavy (non-hydrogen) atoms. The van der Waals surface area contributed by atoms with Crippen LogP contribution in [0.15, 0.2) is 63.7 Å². The summed E-state index contributed by atoms with van der Waals surface area (Å²) in [5.74, 6) is 1.11. The number of aromatic nitrogens is 2. The summed E-state index contributed by atoms with van der Waals surface area (Å²) >= 11 is 3.23. The molecule has 3 heterocycles. The lowest BCUT2D eigenvalue weighted by Gasteiger charge is -2.34. The molecule has 0 unspecified atom stereocenters. The summed E-state index contributed by atoms with van der Waals surface area (Å²) in [6, 6.07) is 17.4. The van der Waals surface area contributed by atoms with Crippen molar-refractivity contribution in [2.75, 3.05) is 31.1 Å². The van der Waals surface area contributed by atoms with Crippen molar-refractivity contribution in [2.24, 2.45) is 0 Å². The van der Waals surface area contributed by atoms with Crippen LogP contribution < -0.4 is 4.90 Å². The zero-order valence-electron chi connectivity index (χ0n) is 14.0. The molecule has 1 amide bonds. The Kier molecular flexibility index (Phi) is 4.71. The quantitative estimate of drug-likeness (QED) is 0.658.